The highest BCUT2D eigenvalue weighted by Gasteiger charge is 2.16. The topological polar surface area (TPSA) is 59.1 Å². The first kappa shape index (κ1) is 12.9. The summed E-state index contributed by atoms with van der Waals surface area (Å²) in [5.41, 5.74) is 8.31. The maximum Gasteiger partial charge on any atom is 0.129 e. The summed E-state index contributed by atoms with van der Waals surface area (Å²) < 4.78 is 0. The van der Waals surface area contributed by atoms with Crippen molar-refractivity contribution >= 4 is 17.6 Å². The zero-order chi connectivity index (χ0) is 13.1. The van der Waals surface area contributed by atoms with Gasteiger partial charge in [0.25, 0.3) is 0 Å². The zero-order valence-electron chi connectivity index (χ0n) is 10.4. The second-order valence-corrected chi connectivity index (χ2v) is 4.98. The summed E-state index contributed by atoms with van der Waals surface area (Å²) in [6.07, 6.45) is 2.95. The number of rotatable bonds is 3. The van der Waals surface area contributed by atoms with Crippen LogP contribution in [0.5, 0.6) is 0 Å². The van der Waals surface area contributed by atoms with Crippen molar-refractivity contribution in [3.8, 4) is 0 Å². The Morgan fingerprint density at radius 3 is 2.44 bits per heavy atom. The molecule has 2 aromatic rings. The van der Waals surface area contributed by atoms with E-state index in [-0.39, 0.29) is 0 Å². The quantitative estimate of drug-likeness (QED) is 0.833. The van der Waals surface area contributed by atoms with Crippen molar-refractivity contribution in [1.82, 2.24) is 4.98 Å². The minimum Gasteiger partial charge on any atom is -0.384 e. The molecule has 18 heavy (non-hydrogen) atoms. The van der Waals surface area contributed by atoms with Gasteiger partial charge in [0.15, 0.2) is 0 Å². The Morgan fingerprint density at radius 1 is 1.22 bits per heavy atom. The summed E-state index contributed by atoms with van der Waals surface area (Å²) in [6, 6.07) is 9.67. The van der Waals surface area contributed by atoms with Crippen LogP contribution in [-0.2, 0) is 0 Å². The summed E-state index contributed by atoms with van der Waals surface area (Å²) in [5, 5.41) is 10.4. The number of thioether (sulfide) groups is 1. The molecule has 0 amide bonds. The van der Waals surface area contributed by atoms with Crippen molar-refractivity contribution in [3.63, 3.8) is 0 Å². The van der Waals surface area contributed by atoms with E-state index in [2.05, 4.69) is 4.98 Å². The predicted octanol–water partition coefficient (Wildman–Crippen LogP) is 2.78. The van der Waals surface area contributed by atoms with E-state index in [9.17, 15) is 5.11 Å². The van der Waals surface area contributed by atoms with Gasteiger partial charge in [0, 0.05) is 16.7 Å². The van der Waals surface area contributed by atoms with Gasteiger partial charge in [-0.15, -0.1) is 11.8 Å². The van der Waals surface area contributed by atoms with Crippen LogP contribution >= 0.6 is 11.8 Å². The molecule has 0 bridgehead atoms. The summed E-state index contributed by atoms with van der Waals surface area (Å²) in [5.74, 6) is 0.386. The normalized spacial score (nSPS) is 12.4. The number of hydrogen-bond acceptors (Lipinski definition) is 4. The molecule has 3 nitrogen and oxygen atoms in total. The Bertz CT molecular complexity index is 520. The fourth-order valence-electron chi connectivity index (χ4n) is 1.90. The van der Waals surface area contributed by atoms with Crippen LogP contribution in [-0.4, -0.2) is 16.3 Å². The number of aryl methyl sites for hydroxylation is 1. The Morgan fingerprint density at radius 2 is 1.89 bits per heavy atom. The first-order valence-electron chi connectivity index (χ1n) is 5.66. The molecule has 2 rings (SSSR count). The van der Waals surface area contributed by atoms with Gasteiger partial charge in [-0.05, 0) is 42.5 Å². The highest BCUT2D eigenvalue weighted by molar-refractivity contribution is 7.98. The predicted molar refractivity (Wildman–Crippen MR) is 75.7 cm³/mol. The Balaban J connectivity index is 2.38. The lowest BCUT2D eigenvalue weighted by Crippen LogP contribution is -2.07. The van der Waals surface area contributed by atoms with Crippen LogP contribution in [0.3, 0.4) is 0 Å². The van der Waals surface area contributed by atoms with E-state index in [0.717, 1.165) is 11.1 Å². The molecule has 0 spiro atoms. The van der Waals surface area contributed by atoms with Gasteiger partial charge in [-0.2, -0.15) is 0 Å². The second kappa shape index (κ2) is 5.42. The molecule has 0 aliphatic rings. The lowest BCUT2D eigenvalue weighted by Gasteiger charge is -2.16. The highest BCUT2D eigenvalue weighted by atomic mass is 32.2. The van der Waals surface area contributed by atoms with Crippen molar-refractivity contribution in [2.75, 3.05) is 12.0 Å². The van der Waals surface area contributed by atoms with E-state index < -0.39 is 6.10 Å². The molecule has 0 saturated heterocycles. The van der Waals surface area contributed by atoms with Crippen LogP contribution in [0.25, 0.3) is 0 Å². The van der Waals surface area contributed by atoms with Gasteiger partial charge in [0.1, 0.15) is 11.9 Å². The number of nitrogens with two attached hydrogens (primary N) is 1. The molecule has 0 saturated carbocycles. The molecule has 94 valence electrons. The third kappa shape index (κ3) is 2.49. The maximum absolute atomic E-state index is 10.4. The molecular formula is C14H16N2OS. The minimum absolute atomic E-state index is 0.386. The fourth-order valence-corrected chi connectivity index (χ4v) is 2.31. The van der Waals surface area contributed by atoms with Crippen LogP contribution in [0.1, 0.15) is 22.8 Å². The SMILES string of the molecule is CSc1ccc(C(O)c2c(C)ccnc2N)cc1. The van der Waals surface area contributed by atoms with E-state index in [1.807, 2.05) is 43.5 Å². The van der Waals surface area contributed by atoms with Gasteiger partial charge in [0.2, 0.25) is 0 Å². The Hall–Kier alpha value is -1.52. The number of benzene rings is 1. The number of aliphatic hydroxyl groups is 1. The van der Waals surface area contributed by atoms with Gasteiger partial charge >= 0.3 is 0 Å². The van der Waals surface area contributed by atoms with Crippen molar-refractivity contribution in [3.05, 3.63) is 53.2 Å². The van der Waals surface area contributed by atoms with Crippen LogP contribution < -0.4 is 5.73 Å². The fraction of sp³-hybridized carbons (Fsp3) is 0.214. The van der Waals surface area contributed by atoms with E-state index in [0.29, 0.717) is 11.4 Å². The number of pyridine rings is 1. The molecular weight excluding hydrogens is 244 g/mol. The molecule has 1 aromatic heterocycles. The molecule has 0 fully saturated rings. The smallest absolute Gasteiger partial charge is 0.129 e. The summed E-state index contributed by atoms with van der Waals surface area (Å²) >= 11 is 1.67. The molecule has 1 atom stereocenters. The Labute approximate surface area is 111 Å². The molecule has 1 unspecified atom stereocenters. The van der Waals surface area contributed by atoms with Crippen LogP contribution in [0.15, 0.2) is 41.4 Å². The van der Waals surface area contributed by atoms with Crippen molar-refractivity contribution in [2.24, 2.45) is 0 Å². The lowest BCUT2D eigenvalue weighted by atomic mass is 9.98. The van der Waals surface area contributed by atoms with Crippen molar-refractivity contribution < 1.29 is 5.11 Å². The van der Waals surface area contributed by atoms with Gasteiger partial charge < -0.3 is 10.8 Å². The first-order chi connectivity index (χ1) is 8.63. The lowest BCUT2D eigenvalue weighted by molar-refractivity contribution is 0.220. The largest absolute Gasteiger partial charge is 0.384 e. The van der Waals surface area contributed by atoms with E-state index >= 15 is 0 Å². The number of aromatic nitrogens is 1. The van der Waals surface area contributed by atoms with Crippen molar-refractivity contribution in [2.45, 2.75) is 17.9 Å². The third-order valence-electron chi connectivity index (χ3n) is 2.94. The van der Waals surface area contributed by atoms with E-state index in [1.54, 1.807) is 18.0 Å². The summed E-state index contributed by atoms with van der Waals surface area (Å²) in [7, 11) is 0. The molecule has 3 N–H and O–H groups in total. The van der Waals surface area contributed by atoms with Crippen LogP contribution in [0, 0.1) is 6.92 Å². The Kier molecular flexibility index (Phi) is 3.89. The second-order valence-electron chi connectivity index (χ2n) is 4.10. The molecule has 4 heteroatoms. The van der Waals surface area contributed by atoms with E-state index in [4.69, 9.17) is 5.73 Å². The maximum atomic E-state index is 10.4. The number of aliphatic hydroxyl groups excluding tert-OH is 1. The highest BCUT2D eigenvalue weighted by Crippen LogP contribution is 2.29. The summed E-state index contributed by atoms with van der Waals surface area (Å²) in [4.78, 5) is 5.20. The monoisotopic (exact) mass is 260 g/mol. The van der Waals surface area contributed by atoms with Gasteiger partial charge in [0.05, 0.1) is 0 Å². The van der Waals surface area contributed by atoms with Gasteiger partial charge in [-0.25, -0.2) is 4.98 Å². The number of hydrogen-bond donors (Lipinski definition) is 2. The zero-order valence-corrected chi connectivity index (χ0v) is 11.2. The minimum atomic E-state index is -0.727. The van der Waals surface area contributed by atoms with Crippen molar-refractivity contribution in [1.29, 1.82) is 0 Å². The van der Waals surface area contributed by atoms with E-state index in [1.165, 1.54) is 4.90 Å². The number of nitrogen functional groups attached to an aromatic ring is 1. The molecule has 0 aliphatic carbocycles. The standard InChI is InChI=1S/C14H16N2OS/c1-9-7-8-16-14(15)12(9)13(17)10-3-5-11(18-2)6-4-10/h3-8,13,17H,1-2H3,(H2,15,16). The van der Waals surface area contributed by atoms with Crippen LogP contribution in [0.2, 0.25) is 0 Å². The molecule has 1 aromatic carbocycles. The molecule has 1 heterocycles. The summed E-state index contributed by atoms with van der Waals surface area (Å²) in [6.45, 7) is 1.92. The average Bonchev–Trinajstić information content (AvgIpc) is 2.38. The molecule has 0 aliphatic heterocycles. The van der Waals surface area contributed by atoms with Gasteiger partial charge in [-0.1, -0.05) is 12.1 Å². The number of nitrogens with zero attached hydrogens (tertiary/aromatic N) is 1. The number of anilines is 1. The third-order valence-corrected chi connectivity index (χ3v) is 3.69. The average molecular weight is 260 g/mol. The van der Waals surface area contributed by atoms with Gasteiger partial charge in [-0.3, -0.25) is 0 Å². The molecule has 0 radical (unpaired) electrons. The van der Waals surface area contributed by atoms with Crippen LogP contribution in [0.4, 0.5) is 5.82 Å². The first-order valence-corrected chi connectivity index (χ1v) is 6.89.